The summed E-state index contributed by atoms with van der Waals surface area (Å²) in [4.78, 5) is 14.7. The van der Waals surface area contributed by atoms with E-state index in [0.29, 0.717) is 4.47 Å². The lowest BCUT2D eigenvalue weighted by Gasteiger charge is -2.22. The van der Waals surface area contributed by atoms with Crippen LogP contribution in [0.4, 0.5) is 5.69 Å². The van der Waals surface area contributed by atoms with Crippen LogP contribution in [0.15, 0.2) is 58.2 Å². The molecule has 1 heterocycles. The van der Waals surface area contributed by atoms with E-state index in [-0.39, 0.29) is 10.6 Å². The average Bonchev–Trinajstić information content (AvgIpc) is 2.45. The molecule has 0 atom stereocenters. The molecule has 21 heavy (non-hydrogen) atoms. The number of nitrogens with zero attached hydrogens (tertiary/aromatic N) is 2. The van der Waals surface area contributed by atoms with Crippen LogP contribution in [-0.4, -0.2) is 31.0 Å². The molecule has 8 heteroatoms. The van der Waals surface area contributed by atoms with Gasteiger partial charge in [-0.15, -0.1) is 0 Å². The number of aromatic nitrogens is 1. The highest BCUT2D eigenvalue weighted by Crippen LogP contribution is 2.24. The van der Waals surface area contributed by atoms with E-state index >= 15 is 0 Å². The smallest absolute Gasteiger partial charge is 0.324 e. The van der Waals surface area contributed by atoms with Crippen LogP contribution in [0.3, 0.4) is 0 Å². The van der Waals surface area contributed by atoms with Crippen LogP contribution in [-0.2, 0) is 14.8 Å². The first-order valence-electron chi connectivity index (χ1n) is 5.81. The number of anilines is 1. The maximum Gasteiger partial charge on any atom is 0.324 e. The molecule has 0 saturated carbocycles. The monoisotopic (exact) mass is 370 g/mol. The summed E-state index contributed by atoms with van der Waals surface area (Å²) in [6, 6.07) is 9.44. The average molecular weight is 371 g/mol. The Morgan fingerprint density at radius 3 is 2.48 bits per heavy atom. The SMILES string of the molecule is O=C(O)CN(c1ccccc1)S(=O)(=O)c1cncc(Br)c1. The van der Waals surface area contributed by atoms with Crippen molar-refractivity contribution in [1.29, 1.82) is 0 Å². The third-order valence-electron chi connectivity index (χ3n) is 2.59. The normalized spacial score (nSPS) is 11.1. The fourth-order valence-electron chi connectivity index (χ4n) is 1.69. The number of hydrogen-bond donors (Lipinski definition) is 1. The molecule has 0 aliphatic heterocycles. The van der Waals surface area contributed by atoms with Crippen LogP contribution in [0.5, 0.6) is 0 Å². The molecule has 0 amide bonds. The maximum absolute atomic E-state index is 12.6. The molecule has 2 rings (SSSR count). The highest BCUT2D eigenvalue weighted by atomic mass is 79.9. The molecule has 1 N–H and O–H groups in total. The molecule has 0 radical (unpaired) electrons. The van der Waals surface area contributed by atoms with Gasteiger partial charge in [0.15, 0.2) is 0 Å². The lowest BCUT2D eigenvalue weighted by atomic mass is 10.3. The summed E-state index contributed by atoms with van der Waals surface area (Å²) in [5, 5.41) is 8.98. The second kappa shape index (κ2) is 6.23. The molecule has 0 bridgehead atoms. The van der Waals surface area contributed by atoms with Crippen LogP contribution in [0.1, 0.15) is 0 Å². The number of pyridine rings is 1. The van der Waals surface area contributed by atoms with E-state index in [1.165, 1.54) is 30.6 Å². The van der Waals surface area contributed by atoms with Crippen molar-refractivity contribution < 1.29 is 18.3 Å². The molecule has 6 nitrogen and oxygen atoms in total. The summed E-state index contributed by atoms with van der Waals surface area (Å²) >= 11 is 3.15. The fraction of sp³-hybridized carbons (Fsp3) is 0.0769. The summed E-state index contributed by atoms with van der Waals surface area (Å²) < 4.78 is 26.6. The second-order valence-corrected chi connectivity index (χ2v) is 6.86. The van der Waals surface area contributed by atoms with Gasteiger partial charge in [0.05, 0.1) is 5.69 Å². The lowest BCUT2D eigenvalue weighted by Crippen LogP contribution is -2.35. The van der Waals surface area contributed by atoms with Gasteiger partial charge in [0.1, 0.15) is 11.4 Å². The number of halogens is 1. The molecule has 1 aromatic carbocycles. The number of aliphatic carboxylic acids is 1. The number of para-hydroxylation sites is 1. The zero-order valence-electron chi connectivity index (χ0n) is 10.7. The number of benzene rings is 1. The van der Waals surface area contributed by atoms with Gasteiger partial charge in [-0.1, -0.05) is 18.2 Å². The Kier molecular flexibility index (Phi) is 4.59. The maximum atomic E-state index is 12.6. The molecule has 0 unspecified atom stereocenters. The van der Waals surface area contributed by atoms with Crippen molar-refractivity contribution >= 4 is 37.6 Å². The summed E-state index contributed by atoms with van der Waals surface area (Å²) in [5.41, 5.74) is 0.278. The van der Waals surface area contributed by atoms with E-state index in [1.807, 2.05) is 0 Å². The van der Waals surface area contributed by atoms with Crippen LogP contribution in [0.25, 0.3) is 0 Å². The van der Waals surface area contributed by atoms with Crippen LogP contribution in [0, 0.1) is 0 Å². The molecule has 2 aromatic rings. The van der Waals surface area contributed by atoms with E-state index in [1.54, 1.807) is 18.2 Å². The predicted octanol–water partition coefficient (Wildman–Crippen LogP) is 2.12. The quantitative estimate of drug-likeness (QED) is 0.870. The standard InChI is InChI=1S/C13H11BrN2O4S/c14-10-6-12(8-15-7-10)21(19,20)16(9-13(17)18)11-4-2-1-3-5-11/h1-8H,9H2,(H,17,18). The number of carboxylic acids is 1. The topological polar surface area (TPSA) is 87.6 Å². The van der Waals surface area contributed by atoms with Crippen molar-refractivity contribution in [3.05, 3.63) is 53.3 Å². The van der Waals surface area contributed by atoms with E-state index in [0.717, 1.165) is 4.31 Å². The Morgan fingerprint density at radius 1 is 1.24 bits per heavy atom. The number of carboxylic acid groups (broad SMARTS) is 1. The Labute approximate surface area is 130 Å². The van der Waals surface area contributed by atoms with Crippen molar-refractivity contribution in [1.82, 2.24) is 4.98 Å². The number of carbonyl (C=O) groups is 1. The lowest BCUT2D eigenvalue weighted by molar-refractivity contribution is -0.135. The summed E-state index contributed by atoms with van der Waals surface area (Å²) in [5.74, 6) is -1.25. The van der Waals surface area contributed by atoms with Crippen LogP contribution < -0.4 is 4.31 Å². The molecule has 0 aliphatic carbocycles. The van der Waals surface area contributed by atoms with Gasteiger partial charge in [0, 0.05) is 16.9 Å². The van der Waals surface area contributed by atoms with E-state index in [9.17, 15) is 13.2 Å². The van der Waals surface area contributed by atoms with Gasteiger partial charge in [-0.3, -0.25) is 14.1 Å². The Bertz CT molecular complexity index is 750. The largest absolute Gasteiger partial charge is 0.480 e. The third kappa shape index (κ3) is 3.59. The number of rotatable bonds is 5. The van der Waals surface area contributed by atoms with Gasteiger partial charge in [-0.05, 0) is 34.1 Å². The van der Waals surface area contributed by atoms with Crippen LogP contribution >= 0.6 is 15.9 Å². The minimum absolute atomic E-state index is 0.0815. The van der Waals surface area contributed by atoms with Gasteiger partial charge < -0.3 is 5.11 Å². The van der Waals surface area contributed by atoms with Gasteiger partial charge in [-0.25, -0.2) is 8.42 Å². The Hall–Kier alpha value is -1.93. The van der Waals surface area contributed by atoms with Crippen LogP contribution in [0.2, 0.25) is 0 Å². The van der Waals surface area contributed by atoms with Gasteiger partial charge in [0.25, 0.3) is 10.0 Å². The zero-order chi connectivity index (χ0) is 15.5. The first kappa shape index (κ1) is 15.5. The Morgan fingerprint density at radius 2 is 1.90 bits per heavy atom. The molecule has 0 saturated heterocycles. The molecular formula is C13H11BrN2O4S. The molecule has 0 aliphatic rings. The van der Waals surface area contributed by atoms with Gasteiger partial charge in [0.2, 0.25) is 0 Å². The molecular weight excluding hydrogens is 360 g/mol. The Balaban J connectivity index is 2.52. The van der Waals surface area contributed by atoms with Gasteiger partial charge >= 0.3 is 5.97 Å². The summed E-state index contributed by atoms with van der Waals surface area (Å²) in [6.45, 7) is -0.668. The summed E-state index contributed by atoms with van der Waals surface area (Å²) in [7, 11) is -4.01. The first-order chi connectivity index (χ1) is 9.91. The van der Waals surface area contributed by atoms with Crippen molar-refractivity contribution in [2.75, 3.05) is 10.8 Å². The van der Waals surface area contributed by atoms with Crippen molar-refractivity contribution in [3.8, 4) is 0 Å². The van der Waals surface area contributed by atoms with Crippen molar-refractivity contribution in [3.63, 3.8) is 0 Å². The second-order valence-electron chi connectivity index (χ2n) is 4.08. The van der Waals surface area contributed by atoms with E-state index in [2.05, 4.69) is 20.9 Å². The highest BCUT2D eigenvalue weighted by Gasteiger charge is 2.27. The number of sulfonamides is 1. The minimum Gasteiger partial charge on any atom is -0.480 e. The highest BCUT2D eigenvalue weighted by molar-refractivity contribution is 9.10. The van der Waals surface area contributed by atoms with Crippen molar-refractivity contribution in [2.45, 2.75) is 4.90 Å². The number of hydrogen-bond acceptors (Lipinski definition) is 4. The fourth-order valence-corrected chi connectivity index (χ4v) is 3.61. The summed E-state index contributed by atoms with van der Waals surface area (Å²) in [6.07, 6.45) is 2.63. The molecule has 1 aromatic heterocycles. The van der Waals surface area contributed by atoms with E-state index in [4.69, 9.17) is 5.11 Å². The van der Waals surface area contributed by atoms with Gasteiger partial charge in [-0.2, -0.15) is 0 Å². The zero-order valence-corrected chi connectivity index (χ0v) is 13.1. The first-order valence-corrected chi connectivity index (χ1v) is 8.04. The minimum atomic E-state index is -4.01. The predicted molar refractivity (Wildman–Crippen MR) is 80.5 cm³/mol. The molecule has 0 spiro atoms. The molecule has 110 valence electrons. The third-order valence-corrected chi connectivity index (χ3v) is 4.76. The van der Waals surface area contributed by atoms with E-state index < -0.39 is 22.5 Å². The van der Waals surface area contributed by atoms with Crippen molar-refractivity contribution in [2.24, 2.45) is 0 Å². The molecule has 0 fully saturated rings.